The molecule has 0 saturated heterocycles. The van der Waals surface area contributed by atoms with Crippen LogP contribution in [0.25, 0.3) is 5.69 Å². The van der Waals surface area contributed by atoms with Gasteiger partial charge in [0.15, 0.2) is 5.69 Å². The lowest BCUT2D eigenvalue weighted by atomic mass is 10.1. The van der Waals surface area contributed by atoms with Crippen LogP contribution in [0.5, 0.6) is 5.75 Å². The van der Waals surface area contributed by atoms with Gasteiger partial charge in [0.2, 0.25) is 0 Å². The highest BCUT2D eigenvalue weighted by Crippen LogP contribution is 2.35. The lowest BCUT2D eigenvalue weighted by Gasteiger charge is -2.14. The number of benzene rings is 2. The molecule has 29 heavy (non-hydrogen) atoms. The summed E-state index contributed by atoms with van der Waals surface area (Å²) in [6.45, 7) is 3.98. The molecule has 0 atom stereocenters. The summed E-state index contributed by atoms with van der Waals surface area (Å²) in [5.74, 6) is -0.448. The van der Waals surface area contributed by atoms with Crippen molar-refractivity contribution in [3.05, 3.63) is 71.5 Å². The van der Waals surface area contributed by atoms with Crippen molar-refractivity contribution in [3.8, 4) is 11.4 Å². The Morgan fingerprint density at radius 2 is 1.86 bits per heavy atom. The largest absolute Gasteiger partial charge is 0.491 e. The minimum Gasteiger partial charge on any atom is -0.491 e. The third-order valence-electron chi connectivity index (χ3n) is 4.14. The Labute approximate surface area is 166 Å². The number of nitrogens with one attached hydrogen (secondary N) is 1. The summed E-state index contributed by atoms with van der Waals surface area (Å²) < 4.78 is 46.3. The standard InChI is InChI=1S/C21H20F3N3O2/c1-3-11-29-19-10-9-15(21(22,23)24)13-17(19)25-20(28)18-12-14(2)27(26-18)16-7-5-4-6-8-16/h4-10,12-13H,3,11H2,1-2H3,(H,25,28). The summed E-state index contributed by atoms with van der Waals surface area (Å²) >= 11 is 0. The molecule has 0 saturated carbocycles. The van der Waals surface area contributed by atoms with Gasteiger partial charge >= 0.3 is 6.18 Å². The van der Waals surface area contributed by atoms with Gasteiger partial charge in [-0.05, 0) is 49.7 Å². The van der Waals surface area contributed by atoms with E-state index in [9.17, 15) is 18.0 Å². The van der Waals surface area contributed by atoms with Crippen LogP contribution >= 0.6 is 0 Å². The van der Waals surface area contributed by atoms with Crippen molar-refractivity contribution in [2.75, 3.05) is 11.9 Å². The molecule has 1 heterocycles. The molecular formula is C21H20F3N3O2. The fourth-order valence-corrected chi connectivity index (χ4v) is 2.74. The Morgan fingerprint density at radius 3 is 2.52 bits per heavy atom. The van der Waals surface area contributed by atoms with Gasteiger partial charge in [0, 0.05) is 5.69 Å². The number of rotatable bonds is 6. The van der Waals surface area contributed by atoms with Gasteiger partial charge in [-0.25, -0.2) is 4.68 Å². The quantitative estimate of drug-likeness (QED) is 0.612. The number of aromatic nitrogens is 2. The Kier molecular flexibility index (Phi) is 5.91. The second-order valence-corrected chi connectivity index (χ2v) is 6.43. The third-order valence-corrected chi connectivity index (χ3v) is 4.14. The van der Waals surface area contributed by atoms with Crippen LogP contribution in [0.2, 0.25) is 0 Å². The van der Waals surface area contributed by atoms with Crippen molar-refractivity contribution >= 4 is 11.6 Å². The van der Waals surface area contributed by atoms with Crippen LogP contribution < -0.4 is 10.1 Å². The van der Waals surface area contributed by atoms with Crippen molar-refractivity contribution < 1.29 is 22.7 Å². The number of aryl methyl sites for hydroxylation is 1. The first-order valence-electron chi connectivity index (χ1n) is 9.07. The molecule has 0 aliphatic carbocycles. The van der Waals surface area contributed by atoms with Gasteiger partial charge in [-0.15, -0.1) is 0 Å². The topological polar surface area (TPSA) is 56.1 Å². The second kappa shape index (κ2) is 8.38. The predicted octanol–water partition coefficient (Wildman–Crippen LogP) is 5.24. The zero-order valence-electron chi connectivity index (χ0n) is 16.0. The van der Waals surface area contributed by atoms with E-state index in [-0.39, 0.29) is 17.1 Å². The predicted molar refractivity (Wildman–Crippen MR) is 103 cm³/mol. The molecule has 1 N–H and O–H groups in total. The molecular weight excluding hydrogens is 383 g/mol. The molecule has 0 radical (unpaired) electrons. The number of nitrogens with zero attached hydrogens (tertiary/aromatic N) is 2. The zero-order chi connectivity index (χ0) is 21.0. The zero-order valence-corrected chi connectivity index (χ0v) is 16.0. The van der Waals surface area contributed by atoms with Gasteiger partial charge < -0.3 is 10.1 Å². The Bertz CT molecular complexity index is 998. The molecule has 0 unspecified atom stereocenters. The van der Waals surface area contributed by atoms with Gasteiger partial charge in [0.05, 0.1) is 23.5 Å². The van der Waals surface area contributed by atoms with Crippen LogP contribution in [0.3, 0.4) is 0 Å². The van der Waals surface area contributed by atoms with Crippen molar-refractivity contribution in [2.45, 2.75) is 26.4 Å². The molecule has 1 amide bonds. The molecule has 3 rings (SSSR count). The van der Waals surface area contributed by atoms with E-state index < -0.39 is 17.6 Å². The third kappa shape index (κ3) is 4.77. The summed E-state index contributed by atoms with van der Waals surface area (Å²) in [6, 6.07) is 13.8. The number of ether oxygens (including phenoxy) is 1. The Balaban J connectivity index is 1.90. The number of alkyl halides is 3. The van der Waals surface area contributed by atoms with Gasteiger partial charge in [0.1, 0.15) is 5.75 Å². The van der Waals surface area contributed by atoms with Crippen molar-refractivity contribution in [1.82, 2.24) is 9.78 Å². The maximum atomic E-state index is 13.1. The summed E-state index contributed by atoms with van der Waals surface area (Å²) in [4.78, 5) is 12.7. The lowest BCUT2D eigenvalue weighted by Crippen LogP contribution is -2.15. The van der Waals surface area contributed by atoms with E-state index in [2.05, 4.69) is 10.4 Å². The summed E-state index contributed by atoms with van der Waals surface area (Å²) in [5, 5.41) is 6.78. The van der Waals surface area contributed by atoms with Gasteiger partial charge in [-0.3, -0.25) is 4.79 Å². The van der Waals surface area contributed by atoms with Crippen LogP contribution in [0.1, 0.15) is 35.1 Å². The number of carbonyl (C=O) groups is 1. The lowest BCUT2D eigenvalue weighted by molar-refractivity contribution is -0.137. The fraction of sp³-hybridized carbons (Fsp3) is 0.238. The molecule has 2 aromatic carbocycles. The minimum atomic E-state index is -4.53. The number of amides is 1. The van der Waals surface area contributed by atoms with E-state index in [1.807, 2.05) is 37.3 Å². The summed E-state index contributed by atoms with van der Waals surface area (Å²) in [7, 11) is 0. The van der Waals surface area contributed by atoms with E-state index >= 15 is 0 Å². The fourth-order valence-electron chi connectivity index (χ4n) is 2.74. The first-order chi connectivity index (χ1) is 13.8. The molecule has 0 bridgehead atoms. The SMILES string of the molecule is CCCOc1ccc(C(F)(F)F)cc1NC(=O)c1cc(C)n(-c2ccccc2)n1. The number of carbonyl (C=O) groups excluding carboxylic acids is 1. The summed E-state index contributed by atoms with van der Waals surface area (Å²) in [6.07, 6.45) is -3.86. The average Bonchev–Trinajstić information content (AvgIpc) is 3.08. The minimum absolute atomic E-state index is 0.0508. The number of anilines is 1. The first-order valence-corrected chi connectivity index (χ1v) is 9.07. The van der Waals surface area contributed by atoms with Crippen molar-refractivity contribution in [2.24, 2.45) is 0 Å². The highest BCUT2D eigenvalue weighted by Gasteiger charge is 2.31. The van der Waals surface area contributed by atoms with Crippen LogP contribution in [-0.2, 0) is 6.18 Å². The van der Waals surface area contributed by atoms with E-state index in [4.69, 9.17) is 4.74 Å². The number of hydrogen-bond acceptors (Lipinski definition) is 3. The molecule has 5 nitrogen and oxygen atoms in total. The molecule has 3 aromatic rings. The summed E-state index contributed by atoms with van der Waals surface area (Å²) in [5.41, 5.74) is 0.654. The molecule has 0 aliphatic rings. The molecule has 8 heteroatoms. The second-order valence-electron chi connectivity index (χ2n) is 6.43. The highest BCUT2D eigenvalue weighted by molar-refractivity contribution is 6.03. The van der Waals surface area contributed by atoms with E-state index in [0.717, 1.165) is 17.8 Å². The van der Waals surface area contributed by atoms with Gasteiger partial charge in [-0.2, -0.15) is 18.3 Å². The average molecular weight is 403 g/mol. The molecule has 0 spiro atoms. The Hall–Kier alpha value is -3.29. The van der Waals surface area contributed by atoms with Crippen LogP contribution in [0, 0.1) is 6.92 Å². The maximum absolute atomic E-state index is 13.1. The van der Waals surface area contributed by atoms with Crippen LogP contribution in [-0.4, -0.2) is 22.3 Å². The molecule has 1 aromatic heterocycles. The normalized spacial score (nSPS) is 11.3. The van der Waals surface area contributed by atoms with E-state index in [1.54, 1.807) is 17.7 Å². The van der Waals surface area contributed by atoms with E-state index in [0.29, 0.717) is 18.7 Å². The number of para-hydroxylation sites is 1. The highest BCUT2D eigenvalue weighted by atomic mass is 19.4. The number of hydrogen-bond donors (Lipinski definition) is 1. The monoisotopic (exact) mass is 403 g/mol. The first kappa shape index (κ1) is 20.4. The molecule has 0 aliphatic heterocycles. The molecule has 0 fully saturated rings. The van der Waals surface area contributed by atoms with Gasteiger partial charge in [0.25, 0.3) is 5.91 Å². The van der Waals surface area contributed by atoms with Crippen molar-refractivity contribution in [3.63, 3.8) is 0 Å². The Morgan fingerprint density at radius 1 is 1.14 bits per heavy atom. The smallest absolute Gasteiger partial charge is 0.416 e. The molecule has 152 valence electrons. The van der Waals surface area contributed by atoms with Crippen LogP contribution in [0.4, 0.5) is 18.9 Å². The van der Waals surface area contributed by atoms with Crippen molar-refractivity contribution in [1.29, 1.82) is 0 Å². The maximum Gasteiger partial charge on any atom is 0.416 e. The van der Waals surface area contributed by atoms with E-state index in [1.165, 1.54) is 6.07 Å². The van der Waals surface area contributed by atoms with Gasteiger partial charge in [-0.1, -0.05) is 25.1 Å². The number of halogens is 3. The van der Waals surface area contributed by atoms with Crippen LogP contribution in [0.15, 0.2) is 54.6 Å².